The number of hydrogen-bond acceptors (Lipinski definition) is 4. The summed E-state index contributed by atoms with van der Waals surface area (Å²) in [5.74, 6) is 1.72. The molecule has 142 valence electrons. The Labute approximate surface area is 157 Å². The van der Waals surface area contributed by atoms with E-state index in [9.17, 15) is 9.18 Å². The van der Waals surface area contributed by atoms with Gasteiger partial charge < -0.3 is 24.0 Å². The number of hydrogen-bond donors (Lipinski definition) is 1. The number of carbonyl (C=O) groups is 1. The van der Waals surface area contributed by atoms with Crippen molar-refractivity contribution in [1.29, 1.82) is 0 Å². The van der Waals surface area contributed by atoms with Crippen molar-refractivity contribution in [2.75, 3.05) is 40.1 Å². The molecule has 1 saturated heterocycles. The van der Waals surface area contributed by atoms with Crippen LogP contribution in [0.3, 0.4) is 0 Å². The first-order valence-electron chi connectivity index (χ1n) is 8.99. The lowest BCUT2D eigenvalue weighted by atomic mass is 10.1. The van der Waals surface area contributed by atoms with E-state index in [2.05, 4.69) is 0 Å². The molecule has 2 aliphatic rings. The molecular weight excluding hydrogens is 351 g/mol. The number of piperazine rings is 1. The van der Waals surface area contributed by atoms with Crippen molar-refractivity contribution < 1.29 is 28.3 Å². The van der Waals surface area contributed by atoms with Crippen molar-refractivity contribution >= 4 is 5.91 Å². The number of methoxy groups -OCH3 is 1. The Morgan fingerprint density at radius 1 is 1.15 bits per heavy atom. The number of nitrogens with one attached hydrogen (secondary N) is 1. The minimum atomic E-state index is -0.262. The van der Waals surface area contributed by atoms with E-state index >= 15 is 0 Å². The van der Waals surface area contributed by atoms with Crippen LogP contribution in [0.25, 0.3) is 0 Å². The number of halogens is 1. The van der Waals surface area contributed by atoms with Crippen molar-refractivity contribution in [3.63, 3.8) is 0 Å². The Kier molecular flexibility index (Phi) is 4.85. The summed E-state index contributed by atoms with van der Waals surface area (Å²) < 4.78 is 29.5. The molecule has 1 fully saturated rings. The first-order chi connectivity index (χ1) is 13.1. The molecule has 0 radical (unpaired) electrons. The predicted octanol–water partition coefficient (Wildman–Crippen LogP) is 1.10. The molecule has 0 bridgehead atoms. The van der Waals surface area contributed by atoms with Crippen molar-refractivity contribution in [1.82, 2.24) is 4.90 Å². The average molecular weight is 373 g/mol. The second kappa shape index (κ2) is 7.44. The molecule has 6 nitrogen and oxygen atoms in total. The molecule has 4 rings (SSSR count). The van der Waals surface area contributed by atoms with Gasteiger partial charge in [0, 0.05) is 5.56 Å². The Balaban J connectivity index is 1.37. The molecule has 0 saturated carbocycles. The molecule has 2 aliphatic heterocycles. The third-order valence-corrected chi connectivity index (χ3v) is 5.06. The Morgan fingerprint density at radius 2 is 1.93 bits per heavy atom. The van der Waals surface area contributed by atoms with Gasteiger partial charge in [-0.15, -0.1) is 0 Å². The number of rotatable bonds is 4. The Morgan fingerprint density at radius 3 is 2.70 bits per heavy atom. The summed E-state index contributed by atoms with van der Waals surface area (Å²) in [6.45, 7) is 3.78. The molecule has 2 aromatic rings. The summed E-state index contributed by atoms with van der Waals surface area (Å²) in [6, 6.07) is 9.86. The molecule has 2 heterocycles. The zero-order valence-electron chi connectivity index (χ0n) is 15.2. The number of benzene rings is 2. The van der Waals surface area contributed by atoms with Crippen molar-refractivity contribution in [3.8, 4) is 17.2 Å². The lowest BCUT2D eigenvalue weighted by Crippen LogP contribution is -3.13. The van der Waals surface area contributed by atoms with Crippen LogP contribution in [0.5, 0.6) is 17.2 Å². The minimum Gasteiger partial charge on any atom is -0.496 e. The summed E-state index contributed by atoms with van der Waals surface area (Å²) >= 11 is 0. The van der Waals surface area contributed by atoms with Crippen molar-refractivity contribution in [3.05, 3.63) is 53.3 Å². The van der Waals surface area contributed by atoms with E-state index in [0.29, 0.717) is 42.4 Å². The second-order valence-electron chi connectivity index (χ2n) is 6.74. The van der Waals surface area contributed by atoms with Gasteiger partial charge in [0.1, 0.15) is 18.1 Å². The van der Waals surface area contributed by atoms with E-state index in [1.165, 1.54) is 17.0 Å². The number of carbonyl (C=O) groups excluding carboxylic acids is 1. The van der Waals surface area contributed by atoms with E-state index in [0.717, 1.165) is 18.7 Å². The first kappa shape index (κ1) is 17.6. The van der Waals surface area contributed by atoms with Gasteiger partial charge >= 0.3 is 0 Å². The topological polar surface area (TPSA) is 52.4 Å². The molecule has 0 aliphatic carbocycles. The molecule has 0 spiro atoms. The quantitative estimate of drug-likeness (QED) is 0.872. The fourth-order valence-electron chi connectivity index (χ4n) is 3.57. The maximum absolute atomic E-state index is 13.6. The highest BCUT2D eigenvalue weighted by atomic mass is 19.1. The van der Waals surface area contributed by atoms with Crippen LogP contribution in [0.4, 0.5) is 4.39 Å². The normalized spacial score (nSPS) is 16.4. The fraction of sp³-hybridized carbons (Fsp3) is 0.350. The van der Waals surface area contributed by atoms with Crippen LogP contribution < -0.4 is 19.1 Å². The van der Waals surface area contributed by atoms with Gasteiger partial charge in [-0.1, -0.05) is 0 Å². The average Bonchev–Trinajstić information content (AvgIpc) is 3.16. The van der Waals surface area contributed by atoms with Crippen LogP contribution >= 0.6 is 0 Å². The third-order valence-electron chi connectivity index (χ3n) is 5.06. The molecular formula is C20H22FN2O4+. The summed E-state index contributed by atoms with van der Waals surface area (Å²) in [7, 11) is 1.59. The van der Waals surface area contributed by atoms with E-state index in [-0.39, 0.29) is 18.5 Å². The van der Waals surface area contributed by atoms with E-state index < -0.39 is 0 Å². The highest BCUT2D eigenvalue weighted by molar-refractivity contribution is 5.95. The molecule has 2 aromatic carbocycles. The van der Waals surface area contributed by atoms with Gasteiger partial charge in [-0.3, -0.25) is 4.79 Å². The number of fused-ring (bicyclic) bond motifs is 1. The highest BCUT2D eigenvalue weighted by Crippen LogP contribution is 2.32. The SMILES string of the molecule is COc1ccc(F)cc1C[NH+]1CCN(C(=O)c2ccc3c(c2)OCO3)CC1. The molecule has 1 amide bonds. The number of ether oxygens (including phenoxy) is 3. The largest absolute Gasteiger partial charge is 0.496 e. The fourth-order valence-corrected chi connectivity index (χ4v) is 3.57. The van der Waals surface area contributed by atoms with Gasteiger partial charge in [0.2, 0.25) is 6.79 Å². The van der Waals surface area contributed by atoms with Gasteiger partial charge in [-0.05, 0) is 36.4 Å². The standard InChI is InChI=1S/C20H21FN2O4/c1-25-17-5-3-16(21)10-15(17)12-22-6-8-23(9-7-22)20(24)14-2-4-18-19(11-14)27-13-26-18/h2-5,10-11H,6-9,12-13H2,1H3/p+1. The van der Waals surface area contributed by atoms with E-state index in [1.807, 2.05) is 4.90 Å². The van der Waals surface area contributed by atoms with Gasteiger partial charge in [0.15, 0.2) is 11.5 Å². The Hall–Kier alpha value is -2.80. The second-order valence-corrected chi connectivity index (χ2v) is 6.74. The zero-order valence-corrected chi connectivity index (χ0v) is 15.2. The van der Waals surface area contributed by atoms with Crippen molar-refractivity contribution in [2.45, 2.75) is 6.54 Å². The zero-order chi connectivity index (χ0) is 18.8. The van der Waals surface area contributed by atoms with Gasteiger partial charge in [-0.2, -0.15) is 0 Å². The van der Waals surface area contributed by atoms with Crippen LogP contribution in [0.1, 0.15) is 15.9 Å². The van der Waals surface area contributed by atoms with Crippen LogP contribution in [-0.2, 0) is 6.54 Å². The van der Waals surface area contributed by atoms with Crippen LogP contribution in [0.15, 0.2) is 36.4 Å². The van der Waals surface area contributed by atoms with Gasteiger partial charge in [-0.25, -0.2) is 4.39 Å². The van der Waals surface area contributed by atoms with Gasteiger partial charge in [0.05, 0.1) is 38.9 Å². The van der Waals surface area contributed by atoms with Crippen molar-refractivity contribution in [2.24, 2.45) is 0 Å². The van der Waals surface area contributed by atoms with E-state index in [1.54, 1.807) is 31.4 Å². The first-order valence-corrected chi connectivity index (χ1v) is 8.99. The lowest BCUT2D eigenvalue weighted by Gasteiger charge is -2.32. The lowest BCUT2D eigenvalue weighted by molar-refractivity contribution is -0.917. The molecule has 7 heteroatoms. The van der Waals surface area contributed by atoms with Crippen LogP contribution in [0, 0.1) is 5.82 Å². The highest BCUT2D eigenvalue weighted by Gasteiger charge is 2.26. The van der Waals surface area contributed by atoms with Crippen LogP contribution in [-0.4, -0.2) is 50.9 Å². The smallest absolute Gasteiger partial charge is 0.254 e. The summed E-state index contributed by atoms with van der Waals surface area (Å²) in [4.78, 5) is 15.9. The molecule has 27 heavy (non-hydrogen) atoms. The third kappa shape index (κ3) is 3.68. The number of amides is 1. The van der Waals surface area contributed by atoms with Crippen LogP contribution in [0.2, 0.25) is 0 Å². The maximum Gasteiger partial charge on any atom is 0.254 e. The number of nitrogens with zero attached hydrogens (tertiary/aromatic N) is 1. The monoisotopic (exact) mass is 373 g/mol. The Bertz CT molecular complexity index is 850. The molecule has 0 unspecified atom stereocenters. The predicted molar refractivity (Wildman–Crippen MR) is 95.8 cm³/mol. The number of quaternary nitrogens is 1. The summed E-state index contributed by atoms with van der Waals surface area (Å²) in [5, 5.41) is 0. The minimum absolute atomic E-state index is 0.00399. The molecule has 0 atom stereocenters. The van der Waals surface area contributed by atoms with Gasteiger partial charge in [0.25, 0.3) is 5.91 Å². The molecule has 1 N–H and O–H groups in total. The van der Waals surface area contributed by atoms with E-state index in [4.69, 9.17) is 14.2 Å². The summed E-state index contributed by atoms with van der Waals surface area (Å²) in [5.41, 5.74) is 1.46. The summed E-state index contributed by atoms with van der Waals surface area (Å²) in [6.07, 6.45) is 0. The molecule has 0 aromatic heterocycles. The maximum atomic E-state index is 13.6.